The molecule has 1 heterocycles. The van der Waals surface area contributed by atoms with Crippen LogP contribution in [0.2, 0.25) is 0 Å². The Morgan fingerprint density at radius 1 is 1.15 bits per heavy atom. The molecule has 2 fully saturated rings. The Hall–Kier alpha value is -2.09. The first kappa shape index (κ1) is 18.7. The van der Waals surface area contributed by atoms with E-state index in [0.717, 1.165) is 31.4 Å². The molecule has 26 heavy (non-hydrogen) atoms. The van der Waals surface area contributed by atoms with Crippen LogP contribution < -0.4 is 14.4 Å². The maximum absolute atomic E-state index is 12.7. The summed E-state index contributed by atoms with van der Waals surface area (Å²) in [6.07, 6.45) is 4.05. The number of carbonyl (C=O) groups is 1. The van der Waals surface area contributed by atoms with Gasteiger partial charge in [-0.1, -0.05) is 0 Å². The van der Waals surface area contributed by atoms with E-state index >= 15 is 0 Å². The normalized spacial score (nSPS) is 19.1. The van der Waals surface area contributed by atoms with E-state index in [-0.39, 0.29) is 18.4 Å². The van der Waals surface area contributed by atoms with E-state index in [9.17, 15) is 13.6 Å². The second-order valence-electron chi connectivity index (χ2n) is 6.69. The summed E-state index contributed by atoms with van der Waals surface area (Å²) in [7, 11) is 0. The van der Waals surface area contributed by atoms with Gasteiger partial charge < -0.3 is 19.5 Å². The molecule has 0 atom stereocenters. The van der Waals surface area contributed by atoms with Crippen molar-refractivity contribution >= 4 is 11.7 Å². The minimum atomic E-state index is -2.90. The minimum Gasteiger partial charge on any atom is -0.486 e. The molecule has 0 radical (unpaired) electrons. The number of aliphatic carboxylic acids is 1. The summed E-state index contributed by atoms with van der Waals surface area (Å²) in [6.45, 7) is -0.242. The predicted octanol–water partition coefficient (Wildman–Crippen LogP) is 2.82. The lowest BCUT2D eigenvalue weighted by molar-refractivity contribution is -0.138. The minimum absolute atomic E-state index is 0.0328. The molecule has 0 amide bonds. The number of alkyl halides is 2. The Balaban J connectivity index is 1.70. The van der Waals surface area contributed by atoms with Gasteiger partial charge in [-0.25, -0.2) is 0 Å². The van der Waals surface area contributed by atoms with Crippen LogP contribution in [0.25, 0.3) is 0 Å². The van der Waals surface area contributed by atoms with E-state index < -0.39 is 12.6 Å². The zero-order chi connectivity index (χ0) is 18.5. The number of hydrogen-bond donors (Lipinski definition) is 1. The number of anilines is 1. The zero-order valence-electron chi connectivity index (χ0n) is 14.6. The van der Waals surface area contributed by atoms with E-state index in [0.29, 0.717) is 31.9 Å². The topological polar surface area (TPSA) is 62.2 Å². The molecule has 0 spiro atoms. The number of carboxylic acids is 1. The van der Waals surface area contributed by atoms with Crippen LogP contribution in [0, 0.1) is 0 Å². The second kappa shape index (κ2) is 8.53. The summed E-state index contributed by atoms with van der Waals surface area (Å²) < 4.78 is 35.9. The van der Waals surface area contributed by atoms with Gasteiger partial charge in [0.25, 0.3) is 0 Å². The summed E-state index contributed by atoms with van der Waals surface area (Å²) in [4.78, 5) is 14.8. The molecule has 2 aliphatic rings. The van der Waals surface area contributed by atoms with Gasteiger partial charge in [0.1, 0.15) is 0 Å². The van der Waals surface area contributed by atoms with Crippen LogP contribution in [0.4, 0.5) is 14.5 Å². The van der Waals surface area contributed by atoms with Crippen molar-refractivity contribution in [1.29, 1.82) is 0 Å². The molecule has 1 aliphatic heterocycles. The van der Waals surface area contributed by atoms with Crippen molar-refractivity contribution in [2.75, 3.05) is 37.6 Å². The molecule has 3 rings (SSSR count). The summed E-state index contributed by atoms with van der Waals surface area (Å²) >= 11 is 0. The molecule has 1 aromatic rings. The van der Waals surface area contributed by atoms with Crippen molar-refractivity contribution in [2.45, 2.75) is 38.4 Å². The maximum atomic E-state index is 12.7. The van der Waals surface area contributed by atoms with Crippen LogP contribution >= 0.6 is 0 Å². The number of benzene rings is 1. The van der Waals surface area contributed by atoms with Gasteiger partial charge >= 0.3 is 12.6 Å². The smallest absolute Gasteiger partial charge is 0.387 e. The average molecular weight is 370 g/mol. The lowest BCUT2D eigenvalue weighted by Crippen LogP contribution is -2.48. The van der Waals surface area contributed by atoms with Gasteiger partial charge in [-0.15, -0.1) is 0 Å². The van der Waals surface area contributed by atoms with E-state index in [1.165, 1.54) is 6.07 Å². The first-order valence-corrected chi connectivity index (χ1v) is 8.96. The van der Waals surface area contributed by atoms with Crippen molar-refractivity contribution < 1.29 is 28.2 Å². The SMILES string of the molecule is O=C(O)CN1CCN(c2ccc(OC(F)F)c(OC3CCCC3)c2)CC1. The molecule has 144 valence electrons. The molecular weight excluding hydrogens is 346 g/mol. The monoisotopic (exact) mass is 370 g/mol. The van der Waals surface area contributed by atoms with Gasteiger partial charge in [-0.2, -0.15) is 8.78 Å². The lowest BCUT2D eigenvalue weighted by Gasteiger charge is -2.35. The van der Waals surface area contributed by atoms with Crippen LogP contribution in [0.3, 0.4) is 0 Å². The highest BCUT2D eigenvalue weighted by Gasteiger charge is 2.23. The highest BCUT2D eigenvalue weighted by molar-refractivity contribution is 5.69. The number of halogens is 2. The zero-order valence-corrected chi connectivity index (χ0v) is 14.6. The Bertz CT molecular complexity index is 615. The van der Waals surface area contributed by atoms with Crippen molar-refractivity contribution in [1.82, 2.24) is 4.90 Å². The summed E-state index contributed by atoms with van der Waals surface area (Å²) in [5.41, 5.74) is 0.870. The molecule has 0 bridgehead atoms. The molecule has 1 N–H and O–H groups in total. The molecule has 6 nitrogen and oxygen atoms in total. The van der Waals surface area contributed by atoms with Gasteiger partial charge in [0.15, 0.2) is 11.5 Å². The molecule has 1 saturated heterocycles. The highest BCUT2D eigenvalue weighted by atomic mass is 19.3. The second-order valence-corrected chi connectivity index (χ2v) is 6.69. The molecule has 1 aromatic carbocycles. The first-order chi connectivity index (χ1) is 12.5. The molecule has 1 aliphatic carbocycles. The lowest BCUT2D eigenvalue weighted by atomic mass is 10.2. The Morgan fingerprint density at radius 3 is 2.46 bits per heavy atom. The fourth-order valence-electron chi connectivity index (χ4n) is 3.52. The summed E-state index contributed by atoms with van der Waals surface area (Å²) in [5, 5.41) is 8.88. The van der Waals surface area contributed by atoms with Gasteiger partial charge in [-0.05, 0) is 37.8 Å². The fraction of sp³-hybridized carbons (Fsp3) is 0.611. The van der Waals surface area contributed by atoms with Crippen LogP contribution in [0.1, 0.15) is 25.7 Å². The van der Waals surface area contributed by atoms with E-state index in [2.05, 4.69) is 9.64 Å². The Morgan fingerprint density at radius 2 is 1.85 bits per heavy atom. The number of piperazine rings is 1. The van der Waals surface area contributed by atoms with Crippen LogP contribution in [-0.4, -0.2) is 61.4 Å². The third kappa shape index (κ3) is 4.97. The molecule has 1 saturated carbocycles. The average Bonchev–Trinajstić information content (AvgIpc) is 3.09. The molecule has 0 unspecified atom stereocenters. The fourth-order valence-corrected chi connectivity index (χ4v) is 3.52. The van der Waals surface area contributed by atoms with E-state index in [4.69, 9.17) is 9.84 Å². The van der Waals surface area contributed by atoms with Crippen molar-refractivity contribution in [2.24, 2.45) is 0 Å². The van der Waals surface area contributed by atoms with Crippen LogP contribution in [0.5, 0.6) is 11.5 Å². The third-order valence-corrected chi connectivity index (χ3v) is 4.84. The molecular formula is C18H24F2N2O4. The number of rotatable bonds is 7. The number of nitrogens with zero attached hydrogens (tertiary/aromatic N) is 2. The van der Waals surface area contributed by atoms with E-state index in [1.807, 2.05) is 4.90 Å². The largest absolute Gasteiger partial charge is 0.486 e. The number of carboxylic acid groups (broad SMARTS) is 1. The summed E-state index contributed by atoms with van der Waals surface area (Å²) in [6, 6.07) is 5.02. The van der Waals surface area contributed by atoms with Crippen molar-refractivity contribution in [3.8, 4) is 11.5 Å². The van der Waals surface area contributed by atoms with Crippen molar-refractivity contribution in [3.63, 3.8) is 0 Å². The highest BCUT2D eigenvalue weighted by Crippen LogP contribution is 2.36. The van der Waals surface area contributed by atoms with Crippen LogP contribution in [-0.2, 0) is 4.79 Å². The number of ether oxygens (including phenoxy) is 2. The maximum Gasteiger partial charge on any atom is 0.387 e. The van der Waals surface area contributed by atoms with Gasteiger partial charge in [0, 0.05) is 37.9 Å². The standard InChI is InChI=1S/C18H24F2N2O4/c19-18(20)26-15-6-5-13(11-16(15)25-14-3-1-2-4-14)22-9-7-21(8-10-22)12-17(23)24/h5-6,11,14,18H,1-4,7-10,12H2,(H,23,24). The van der Waals surface area contributed by atoms with E-state index in [1.54, 1.807) is 12.1 Å². The van der Waals surface area contributed by atoms with Gasteiger partial charge in [-0.3, -0.25) is 9.69 Å². The first-order valence-electron chi connectivity index (χ1n) is 8.96. The Labute approximate surface area is 151 Å². The molecule has 8 heteroatoms. The van der Waals surface area contributed by atoms with Gasteiger partial charge in [0.2, 0.25) is 0 Å². The molecule has 0 aromatic heterocycles. The predicted molar refractivity (Wildman–Crippen MR) is 92.2 cm³/mol. The Kier molecular flexibility index (Phi) is 6.13. The quantitative estimate of drug-likeness (QED) is 0.796. The van der Waals surface area contributed by atoms with Crippen LogP contribution in [0.15, 0.2) is 18.2 Å². The van der Waals surface area contributed by atoms with Crippen molar-refractivity contribution in [3.05, 3.63) is 18.2 Å². The number of hydrogen-bond acceptors (Lipinski definition) is 5. The summed E-state index contributed by atoms with van der Waals surface area (Å²) in [5.74, 6) is -0.429. The third-order valence-electron chi connectivity index (χ3n) is 4.84. The van der Waals surface area contributed by atoms with Gasteiger partial charge in [0.05, 0.1) is 12.6 Å².